The van der Waals surface area contributed by atoms with Crippen molar-refractivity contribution in [3.05, 3.63) is 36.4 Å². The van der Waals surface area contributed by atoms with Crippen LogP contribution in [0.25, 0.3) is 22.2 Å². The first kappa shape index (κ1) is 17.3. The number of aliphatic hydroxyl groups excluding tert-OH is 1. The summed E-state index contributed by atoms with van der Waals surface area (Å²) in [4.78, 5) is 1.73. The monoisotopic (exact) mass is 362 g/mol. The third kappa shape index (κ3) is 3.09. The second-order valence-electron chi connectivity index (χ2n) is 5.57. The van der Waals surface area contributed by atoms with Gasteiger partial charge in [-0.3, -0.25) is 0 Å². The van der Waals surface area contributed by atoms with Crippen molar-refractivity contribution in [3.63, 3.8) is 0 Å². The number of ether oxygens (including phenoxy) is 1. The van der Waals surface area contributed by atoms with Gasteiger partial charge in [0.1, 0.15) is 22.9 Å². The Labute approximate surface area is 150 Å². The van der Waals surface area contributed by atoms with Gasteiger partial charge >= 0.3 is 0 Å². The average Bonchev–Trinajstić information content (AvgIpc) is 2.96. The molecular formula is C17H19ClN4O3. The first-order valence-corrected chi connectivity index (χ1v) is 7.86. The van der Waals surface area contributed by atoms with Crippen LogP contribution in [0.4, 0.5) is 0 Å². The molecule has 0 amide bonds. The highest BCUT2D eigenvalue weighted by Gasteiger charge is 2.24. The summed E-state index contributed by atoms with van der Waals surface area (Å²) in [6.07, 6.45) is 0. The van der Waals surface area contributed by atoms with E-state index >= 15 is 0 Å². The largest absolute Gasteiger partial charge is 0.508 e. The Balaban J connectivity index is 0.00000182. The van der Waals surface area contributed by atoms with Crippen molar-refractivity contribution in [2.45, 2.75) is 0 Å². The number of phenols is 1. The lowest BCUT2D eigenvalue weighted by Crippen LogP contribution is -2.28. The van der Waals surface area contributed by atoms with E-state index < -0.39 is 0 Å². The maximum absolute atomic E-state index is 9.79. The quantitative estimate of drug-likeness (QED) is 0.392. The lowest BCUT2D eigenvalue weighted by Gasteiger charge is -2.16. The molecule has 0 bridgehead atoms. The van der Waals surface area contributed by atoms with Crippen LogP contribution in [0.3, 0.4) is 0 Å². The average molecular weight is 363 g/mol. The van der Waals surface area contributed by atoms with Crippen molar-refractivity contribution in [2.75, 3.05) is 31.7 Å². The molecule has 1 aromatic heterocycles. The van der Waals surface area contributed by atoms with Gasteiger partial charge in [0.15, 0.2) is 0 Å². The third-order valence-corrected chi connectivity index (χ3v) is 3.96. The lowest BCUT2D eigenvalue weighted by molar-refractivity contribution is 0.293. The minimum atomic E-state index is 0. The summed E-state index contributed by atoms with van der Waals surface area (Å²) in [5.41, 5.74) is 5.72. The van der Waals surface area contributed by atoms with Crippen molar-refractivity contribution in [1.82, 2.24) is 15.2 Å². The molecule has 0 fully saturated rings. The highest BCUT2D eigenvalue weighted by molar-refractivity contribution is 6.01. The predicted molar refractivity (Wildman–Crippen MR) is 98.3 cm³/mol. The molecule has 8 heteroatoms. The van der Waals surface area contributed by atoms with Crippen molar-refractivity contribution in [2.24, 2.45) is 0 Å². The molecule has 4 N–H and O–H groups in total. The molecule has 0 atom stereocenters. The van der Waals surface area contributed by atoms with E-state index in [1.54, 1.807) is 23.0 Å². The van der Waals surface area contributed by atoms with E-state index in [4.69, 9.17) is 9.84 Å². The molecule has 3 aromatic rings. The van der Waals surface area contributed by atoms with Gasteiger partial charge in [-0.05, 0) is 30.3 Å². The van der Waals surface area contributed by atoms with Gasteiger partial charge in [-0.25, -0.2) is 0 Å². The van der Waals surface area contributed by atoms with Crippen LogP contribution in [0.5, 0.6) is 17.2 Å². The van der Waals surface area contributed by atoms with Crippen LogP contribution in [0.1, 0.15) is 0 Å². The van der Waals surface area contributed by atoms with E-state index in [2.05, 4.69) is 15.8 Å². The summed E-state index contributed by atoms with van der Waals surface area (Å²) in [7, 11) is 0. The van der Waals surface area contributed by atoms with E-state index in [9.17, 15) is 5.11 Å². The molecule has 2 heterocycles. The first-order chi connectivity index (χ1) is 11.8. The number of halogens is 1. The van der Waals surface area contributed by atoms with Gasteiger partial charge in [0.05, 0.1) is 17.5 Å². The van der Waals surface area contributed by atoms with Gasteiger partial charge < -0.3 is 25.7 Å². The second kappa shape index (κ2) is 7.18. The summed E-state index contributed by atoms with van der Waals surface area (Å²) in [6, 6.07) is 10.8. The van der Waals surface area contributed by atoms with Crippen molar-refractivity contribution < 1.29 is 14.9 Å². The molecule has 0 unspecified atom stereocenters. The summed E-state index contributed by atoms with van der Waals surface area (Å²) >= 11 is 0. The predicted octanol–water partition coefficient (Wildman–Crippen LogP) is 2.06. The summed E-state index contributed by atoms with van der Waals surface area (Å²) in [5.74, 6) is 1.62. The minimum absolute atomic E-state index is 0. The van der Waals surface area contributed by atoms with E-state index in [0.717, 1.165) is 27.9 Å². The highest BCUT2D eigenvalue weighted by Crippen LogP contribution is 2.46. The Morgan fingerprint density at radius 3 is 2.80 bits per heavy atom. The van der Waals surface area contributed by atoms with Crippen molar-refractivity contribution in [1.29, 1.82) is 0 Å². The molecule has 25 heavy (non-hydrogen) atoms. The van der Waals surface area contributed by atoms with E-state index in [1.165, 1.54) is 0 Å². The number of nitrogens with zero attached hydrogens (tertiary/aromatic N) is 2. The molecule has 2 aromatic carbocycles. The Bertz CT molecular complexity index is 897. The number of aromatic nitrogens is 2. The summed E-state index contributed by atoms with van der Waals surface area (Å²) in [5, 5.41) is 27.3. The fourth-order valence-electron chi connectivity index (χ4n) is 2.90. The molecule has 0 saturated carbocycles. The maximum atomic E-state index is 9.79. The molecule has 0 spiro atoms. The van der Waals surface area contributed by atoms with Crippen LogP contribution in [0.15, 0.2) is 36.4 Å². The standard InChI is InChI=1S/C17H18N4O3.ClH/c22-9-8-18-6-7-19-21-13-2-1-3-15-16(13)17(20-21)12-10-11(23)4-5-14(12)24-15;/h1-5,10,18-19,22-23H,6-9H2;1H. The molecule has 1 aliphatic heterocycles. The minimum Gasteiger partial charge on any atom is -0.508 e. The van der Waals surface area contributed by atoms with Crippen LogP contribution in [-0.2, 0) is 0 Å². The number of fused-ring (bicyclic) bond motifs is 2. The normalized spacial score (nSPS) is 11.6. The number of aliphatic hydroxyl groups is 1. The van der Waals surface area contributed by atoms with Gasteiger partial charge in [-0.15, -0.1) is 12.4 Å². The lowest BCUT2D eigenvalue weighted by atomic mass is 10.0. The van der Waals surface area contributed by atoms with Crippen LogP contribution < -0.4 is 15.5 Å². The number of hydrogen-bond acceptors (Lipinski definition) is 6. The molecule has 1 aliphatic rings. The SMILES string of the molecule is Cl.OCCNCCNn1nc2c3c(cccc31)Oc1ccc(O)cc1-2. The molecule has 4 rings (SSSR count). The van der Waals surface area contributed by atoms with Gasteiger partial charge in [-0.2, -0.15) is 9.89 Å². The van der Waals surface area contributed by atoms with Crippen LogP contribution in [0, 0.1) is 0 Å². The van der Waals surface area contributed by atoms with Crippen LogP contribution in [0.2, 0.25) is 0 Å². The Kier molecular flexibility index (Phi) is 4.98. The Hall–Kier alpha value is -2.48. The van der Waals surface area contributed by atoms with Crippen molar-refractivity contribution in [3.8, 4) is 28.5 Å². The van der Waals surface area contributed by atoms with Gasteiger partial charge in [-0.1, -0.05) is 6.07 Å². The van der Waals surface area contributed by atoms with Crippen LogP contribution >= 0.6 is 12.4 Å². The molecule has 132 valence electrons. The van der Waals surface area contributed by atoms with E-state index in [1.807, 2.05) is 18.2 Å². The Morgan fingerprint density at radius 1 is 1.08 bits per heavy atom. The third-order valence-electron chi connectivity index (χ3n) is 3.96. The number of benzene rings is 2. The second-order valence-corrected chi connectivity index (χ2v) is 5.57. The topological polar surface area (TPSA) is 91.6 Å². The Morgan fingerprint density at radius 2 is 1.96 bits per heavy atom. The van der Waals surface area contributed by atoms with Gasteiger partial charge in [0.2, 0.25) is 0 Å². The molecule has 0 radical (unpaired) electrons. The maximum Gasteiger partial charge on any atom is 0.139 e. The number of rotatable bonds is 6. The summed E-state index contributed by atoms with van der Waals surface area (Å²) in [6.45, 7) is 2.06. The van der Waals surface area contributed by atoms with E-state index in [0.29, 0.717) is 25.4 Å². The number of phenolic OH excluding ortho intramolecular Hbond substituents is 1. The number of nitrogens with one attached hydrogen (secondary N) is 2. The zero-order valence-electron chi connectivity index (χ0n) is 13.4. The smallest absolute Gasteiger partial charge is 0.139 e. The number of aromatic hydroxyl groups is 1. The highest BCUT2D eigenvalue weighted by atomic mass is 35.5. The van der Waals surface area contributed by atoms with E-state index in [-0.39, 0.29) is 24.8 Å². The zero-order valence-corrected chi connectivity index (χ0v) is 14.2. The molecule has 0 aliphatic carbocycles. The zero-order chi connectivity index (χ0) is 16.5. The molecular weight excluding hydrogens is 344 g/mol. The summed E-state index contributed by atoms with van der Waals surface area (Å²) < 4.78 is 5.94. The fourth-order valence-corrected chi connectivity index (χ4v) is 2.90. The van der Waals surface area contributed by atoms with Crippen LogP contribution in [-0.4, -0.2) is 46.3 Å². The van der Waals surface area contributed by atoms with Gasteiger partial charge in [0, 0.05) is 25.2 Å². The van der Waals surface area contributed by atoms with Crippen molar-refractivity contribution >= 4 is 23.3 Å². The number of hydrogen-bond donors (Lipinski definition) is 4. The first-order valence-electron chi connectivity index (χ1n) is 7.86. The molecule has 7 nitrogen and oxygen atoms in total. The molecule has 0 saturated heterocycles. The fraction of sp³-hybridized carbons (Fsp3) is 0.235. The van der Waals surface area contributed by atoms with Gasteiger partial charge in [0.25, 0.3) is 0 Å².